The molecule has 7 heteroatoms. The monoisotopic (exact) mass is 340 g/mol. The summed E-state index contributed by atoms with van der Waals surface area (Å²) in [7, 11) is 0. The van der Waals surface area contributed by atoms with Gasteiger partial charge in [-0.25, -0.2) is 9.59 Å². The van der Waals surface area contributed by atoms with Crippen molar-refractivity contribution in [3.05, 3.63) is 65.7 Å². The van der Waals surface area contributed by atoms with E-state index in [1.165, 1.54) is 0 Å². The van der Waals surface area contributed by atoms with E-state index in [0.717, 1.165) is 11.1 Å². The first-order valence-corrected chi connectivity index (χ1v) is 7.68. The van der Waals surface area contributed by atoms with Crippen molar-refractivity contribution in [1.82, 2.24) is 5.32 Å². The van der Waals surface area contributed by atoms with Gasteiger partial charge in [-0.1, -0.05) is 42.5 Å². The lowest BCUT2D eigenvalue weighted by Gasteiger charge is -2.09. The molecule has 1 aliphatic heterocycles. The summed E-state index contributed by atoms with van der Waals surface area (Å²) in [5, 5.41) is 4.70. The summed E-state index contributed by atoms with van der Waals surface area (Å²) in [5.74, 6) is -0.448. The topological polar surface area (TPSA) is 93.7 Å². The molecule has 0 aliphatic carbocycles. The lowest BCUT2D eigenvalue weighted by molar-refractivity contribution is -0.123. The molecule has 3 amide bonds. The molecule has 3 rings (SSSR count). The summed E-state index contributed by atoms with van der Waals surface area (Å²) in [4.78, 5) is 34.2. The van der Waals surface area contributed by atoms with Gasteiger partial charge < -0.3 is 9.47 Å². The zero-order chi connectivity index (χ0) is 17.6. The van der Waals surface area contributed by atoms with Gasteiger partial charge >= 0.3 is 12.2 Å². The van der Waals surface area contributed by atoms with E-state index in [9.17, 15) is 14.4 Å². The molecule has 1 atom stereocenters. The van der Waals surface area contributed by atoms with Crippen LogP contribution in [0.25, 0.3) is 0 Å². The van der Waals surface area contributed by atoms with Crippen molar-refractivity contribution in [2.45, 2.75) is 19.1 Å². The maximum atomic E-state index is 11.8. The Bertz CT molecular complexity index is 774. The summed E-state index contributed by atoms with van der Waals surface area (Å²) >= 11 is 0. The molecule has 0 bridgehead atoms. The first kappa shape index (κ1) is 16.5. The molecule has 1 unspecified atom stereocenters. The number of cyclic esters (lactones) is 1. The smallest absolute Gasteiger partial charge is 0.414 e. The molecular formula is C18H16N2O5. The standard InChI is InChI=1S/C18H16N2O5/c21-16-15(25-18(23)20-16)10-12-6-8-14(9-7-12)19-17(22)24-11-13-4-2-1-3-5-13/h1-9,15H,10-11H2,(H,19,22)(H,20,21,23). The summed E-state index contributed by atoms with van der Waals surface area (Å²) in [6, 6.07) is 16.2. The minimum Gasteiger partial charge on any atom is -0.444 e. The molecule has 0 radical (unpaired) electrons. The number of alkyl carbamates (subject to hydrolysis) is 1. The molecule has 1 heterocycles. The number of hydrogen-bond donors (Lipinski definition) is 2. The van der Waals surface area contributed by atoms with Gasteiger partial charge in [0.25, 0.3) is 5.91 Å². The average molecular weight is 340 g/mol. The number of nitrogens with one attached hydrogen (secondary N) is 2. The van der Waals surface area contributed by atoms with Crippen LogP contribution in [0.4, 0.5) is 15.3 Å². The van der Waals surface area contributed by atoms with Gasteiger partial charge in [0.05, 0.1) is 0 Å². The highest BCUT2D eigenvalue weighted by molar-refractivity contribution is 6.00. The van der Waals surface area contributed by atoms with E-state index < -0.39 is 24.2 Å². The predicted molar refractivity (Wildman–Crippen MR) is 88.8 cm³/mol. The maximum absolute atomic E-state index is 11.8. The highest BCUT2D eigenvalue weighted by atomic mass is 16.6. The highest BCUT2D eigenvalue weighted by Gasteiger charge is 2.31. The number of anilines is 1. The SMILES string of the molecule is O=C(Nc1ccc(CC2OC(=O)NC2=O)cc1)OCc1ccccc1. The van der Waals surface area contributed by atoms with Crippen LogP contribution in [0.3, 0.4) is 0 Å². The first-order chi connectivity index (χ1) is 12.1. The van der Waals surface area contributed by atoms with E-state index >= 15 is 0 Å². The van der Waals surface area contributed by atoms with Crippen molar-refractivity contribution < 1.29 is 23.9 Å². The van der Waals surface area contributed by atoms with Crippen LogP contribution in [0.5, 0.6) is 0 Å². The van der Waals surface area contributed by atoms with E-state index in [4.69, 9.17) is 9.47 Å². The Morgan fingerprint density at radius 3 is 2.40 bits per heavy atom. The molecule has 2 aromatic rings. The van der Waals surface area contributed by atoms with Gasteiger partial charge in [-0.15, -0.1) is 0 Å². The summed E-state index contributed by atoms with van der Waals surface area (Å²) < 4.78 is 9.99. The third-order valence-corrected chi connectivity index (χ3v) is 3.60. The second-order valence-electron chi connectivity index (χ2n) is 5.47. The number of carbonyl (C=O) groups excluding carboxylic acids is 3. The second-order valence-corrected chi connectivity index (χ2v) is 5.47. The van der Waals surface area contributed by atoms with Crippen LogP contribution in [-0.2, 0) is 27.3 Å². The Hall–Kier alpha value is -3.35. The molecule has 1 fully saturated rings. The predicted octanol–water partition coefficient (Wildman–Crippen LogP) is 2.61. The van der Waals surface area contributed by atoms with Crippen molar-refractivity contribution in [2.75, 3.05) is 5.32 Å². The number of benzene rings is 2. The molecule has 7 nitrogen and oxygen atoms in total. The Morgan fingerprint density at radius 1 is 1.04 bits per heavy atom. The normalized spacial score (nSPS) is 16.1. The number of imide groups is 1. The van der Waals surface area contributed by atoms with Gasteiger partial charge in [-0.05, 0) is 23.3 Å². The Morgan fingerprint density at radius 2 is 1.76 bits per heavy atom. The summed E-state index contributed by atoms with van der Waals surface area (Å²) in [6.07, 6.45) is -1.83. The molecule has 0 saturated carbocycles. The highest BCUT2D eigenvalue weighted by Crippen LogP contribution is 2.15. The Labute approximate surface area is 143 Å². The lowest BCUT2D eigenvalue weighted by Crippen LogP contribution is -2.25. The van der Waals surface area contributed by atoms with Crippen molar-refractivity contribution >= 4 is 23.8 Å². The quantitative estimate of drug-likeness (QED) is 0.872. The summed E-state index contributed by atoms with van der Waals surface area (Å²) in [5.41, 5.74) is 2.27. The second kappa shape index (κ2) is 7.48. The van der Waals surface area contributed by atoms with Crippen LogP contribution in [0.1, 0.15) is 11.1 Å². The van der Waals surface area contributed by atoms with Gasteiger partial charge in [-0.3, -0.25) is 15.4 Å². The van der Waals surface area contributed by atoms with E-state index in [0.29, 0.717) is 5.69 Å². The zero-order valence-corrected chi connectivity index (χ0v) is 13.2. The summed E-state index contributed by atoms with van der Waals surface area (Å²) in [6.45, 7) is 0.187. The molecule has 128 valence electrons. The van der Waals surface area contributed by atoms with Crippen LogP contribution in [0.15, 0.2) is 54.6 Å². The largest absolute Gasteiger partial charge is 0.444 e. The zero-order valence-electron chi connectivity index (χ0n) is 13.2. The molecule has 2 N–H and O–H groups in total. The molecule has 1 aliphatic rings. The average Bonchev–Trinajstić information content (AvgIpc) is 2.93. The molecule has 0 spiro atoms. The number of amides is 3. The number of rotatable bonds is 5. The van der Waals surface area contributed by atoms with Gasteiger partial charge in [-0.2, -0.15) is 0 Å². The molecule has 25 heavy (non-hydrogen) atoms. The minimum atomic E-state index is -0.817. The number of hydrogen-bond acceptors (Lipinski definition) is 5. The number of ether oxygens (including phenoxy) is 2. The Kier molecular flexibility index (Phi) is 4.94. The van der Waals surface area contributed by atoms with E-state index in [-0.39, 0.29) is 13.0 Å². The van der Waals surface area contributed by atoms with Crippen molar-refractivity contribution in [3.8, 4) is 0 Å². The number of carbonyl (C=O) groups is 3. The van der Waals surface area contributed by atoms with Crippen LogP contribution in [0.2, 0.25) is 0 Å². The fourth-order valence-corrected chi connectivity index (χ4v) is 2.34. The maximum Gasteiger partial charge on any atom is 0.414 e. The molecule has 1 saturated heterocycles. The van der Waals surface area contributed by atoms with E-state index in [2.05, 4.69) is 10.6 Å². The van der Waals surface area contributed by atoms with Crippen LogP contribution >= 0.6 is 0 Å². The third kappa shape index (κ3) is 4.57. The van der Waals surface area contributed by atoms with Crippen LogP contribution in [0, 0.1) is 0 Å². The minimum absolute atomic E-state index is 0.187. The Balaban J connectivity index is 1.49. The first-order valence-electron chi connectivity index (χ1n) is 7.68. The van der Waals surface area contributed by atoms with Crippen molar-refractivity contribution in [3.63, 3.8) is 0 Å². The van der Waals surface area contributed by atoms with Crippen molar-refractivity contribution in [2.24, 2.45) is 0 Å². The lowest BCUT2D eigenvalue weighted by atomic mass is 10.1. The third-order valence-electron chi connectivity index (χ3n) is 3.60. The van der Waals surface area contributed by atoms with Crippen LogP contribution < -0.4 is 10.6 Å². The van der Waals surface area contributed by atoms with Crippen molar-refractivity contribution in [1.29, 1.82) is 0 Å². The van der Waals surface area contributed by atoms with E-state index in [1.54, 1.807) is 24.3 Å². The van der Waals surface area contributed by atoms with E-state index in [1.807, 2.05) is 30.3 Å². The fraction of sp³-hybridized carbons (Fsp3) is 0.167. The van der Waals surface area contributed by atoms with Gasteiger partial charge in [0.15, 0.2) is 6.10 Å². The fourth-order valence-electron chi connectivity index (χ4n) is 2.34. The van der Waals surface area contributed by atoms with Crippen LogP contribution in [-0.4, -0.2) is 24.2 Å². The molecule has 0 aromatic heterocycles. The van der Waals surface area contributed by atoms with Gasteiger partial charge in [0.1, 0.15) is 6.61 Å². The van der Waals surface area contributed by atoms with Gasteiger partial charge in [0, 0.05) is 12.1 Å². The molecular weight excluding hydrogens is 324 g/mol. The molecule has 2 aromatic carbocycles. The van der Waals surface area contributed by atoms with Gasteiger partial charge in [0.2, 0.25) is 0 Å².